The minimum absolute atomic E-state index is 0.320. The number of sulfonamides is 1. The molecule has 0 spiro atoms. The Morgan fingerprint density at radius 3 is 2.59 bits per heavy atom. The molecule has 3 heterocycles. The molecule has 0 aliphatic carbocycles. The molecule has 0 radical (unpaired) electrons. The highest BCUT2D eigenvalue weighted by molar-refractivity contribution is 7.92. The third-order valence-corrected chi connectivity index (χ3v) is 4.54. The number of pyridine rings is 1. The second-order valence-corrected chi connectivity index (χ2v) is 7.75. The Kier molecular flexibility index (Phi) is 4.00. The summed E-state index contributed by atoms with van der Waals surface area (Å²) in [5.74, 6) is 0.320. The lowest BCUT2D eigenvalue weighted by molar-refractivity contribution is 0.607. The van der Waals surface area contributed by atoms with Gasteiger partial charge in [0.05, 0.1) is 23.2 Å². The van der Waals surface area contributed by atoms with Gasteiger partial charge in [0.15, 0.2) is 11.5 Å². The molecule has 0 saturated heterocycles. The Balaban J connectivity index is 1.85. The third kappa shape index (κ3) is 3.32. The molecule has 0 atom stereocenters. The minimum atomic E-state index is -3.41. The van der Waals surface area contributed by atoms with Crippen LogP contribution in [0.4, 0.5) is 11.5 Å². The molecule has 9 heteroatoms. The number of aromatic nitrogens is 4. The monoisotopic (exact) mass is 380 g/mol. The van der Waals surface area contributed by atoms with Crippen molar-refractivity contribution in [3.05, 3.63) is 61.1 Å². The van der Waals surface area contributed by atoms with Gasteiger partial charge in [0.1, 0.15) is 0 Å². The van der Waals surface area contributed by atoms with E-state index >= 15 is 0 Å². The van der Waals surface area contributed by atoms with E-state index < -0.39 is 10.0 Å². The number of anilines is 2. The smallest absolute Gasteiger partial charge is 0.229 e. The zero-order chi connectivity index (χ0) is 19.0. The molecule has 4 rings (SSSR count). The topological polar surface area (TPSA) is 115 Å². The zero-order valence-corrected chi connectivity index (χ0v) is 15.2. The fourth-order valence-corrected chi connectivity index (χ4v) is 3.45. The van der Waals surface area contributed by atoms with Gasteiger partial charge in [-0.25, -0.2) is 17.9 Å². The summed E-state index contributed by atoms with van der Waals surface area (Å²) in [5.41, 5.74) is 9.85. The van der Waals surface area contributed by atoms with Crippen LogP contribution in [0.2, 0.25) is 0 Å². The Hall–Kier alpha value is -3.46. The number of para-hydroxylation sites is 1. The van der Waals surface area contributed by atoms with Gasteiger partial charge in [-0.2, -0.15) is 0 Å². The molecule has 3 N–H and O–H groups in total. The van der Waals surface area contributed by atoms with Gasteiger partial charge in [-0.05, 0) is 18.2 Å². The van der Waals surface area contributed by atoms with Gasteiger partial charge >= 0.3 is 0 Å². The lowest BCUT2D eigenvalue weighted by Gasteiger charge is -2.10. The SMILES string of the molecule is CS(=O)(=O)Nc1ccccc1-c1cnc2c(-c3ccccn3)c(N)nn2c1. The van der Waals surface area contributed by atoms with Gasteiger partial charge < -0.3 is 5.73 Å². The first-order valence-corrected chi connectivity index (χ1v) is 9.94. The Bertz CT molecular complexity index is 1240. The number of hydrogen-bond acceptors (Lipinski definition) is 6. The number of fused-ring (bicyclic) bond motifs is 1. The summed E-state index contributed by atoms with van der Waals surface area (Å²) in [4.78, 5) is 8.81. The molecule has 4 aromatic rings. The van der Waals surface area contributed by atoms with Crippen LogP contribution in [0.15, 0.2) is 61.1 Å². The van der Waals surface area contributed by atoms with Crippen molar-refractivity contribution < 1.29 is 8.42 Å². The van der Waals surface area contributed by atoms with Crippen molar-refractivity contribution in [1.82, 2.24) is 19.6 Å². The van der Waals surface area contributed by atoms with E-state index in [-0.39, 0.29) is 0 Å². The van der Waals surface area contributed by atoms with Gasteiger partial charge in [0, 0.05) is 29.7 Å². The number of nitrogens with zero attached hydrogens (tertiary/aromatic N) is 4. The number of rotatable bonds is 4. The normalized spacial score (nSPS) is 11.6. The molecule has 0 bridgehead atoms. The third-order valence-electron chi connectivity index (χ3n) is 3.95. The van der Waals surface area contributed by atoms with Gasteiger partial charge in [-0.3, -0.25) is 9.71 Å². The maximum absolute atomic E-state index is 11.6. The first-order valence-electron chi connectivity index (χ1n) is 8.05. The fourth-order valence-electron chi connectivity index (χ4n) is 2.87. The molecule has 0 aliphatic rings. The van der Waals surface area contributed by atoms with E-state index in [4.69, 9.17) is 5.73 Å². The average Bonchev–Trinajstić information content (AvgIpc) is 2.96. The highest BCUT2D eigenvalue weighted by Crippen LogP contribution is 2.31. The summed E-state index contributed by atoms with van der Waals surface area (Å²) in [6.07, 6.45) is 6.21. The first-order chi connectivity index (χ1) is 12.9. The summed E-state index contributed by atoms with van der Waals surface area (Å²) in [6, 6.07) is 12.6. The van der Waals surface area contributed by atoms with E-state index in [0.29, 0.717) is 39.5 Å². The number of nitrogens with two attached hydrogens (primary N) is 1. The van der Waals surface area contributed by atoms with Crippen molar-refractivity contribution in [3.63, 3.8) is 0 Å². The maximum atomic E-state index is 11.6. The summed E-state index contributed by atoms with van der Waals surface area (Å²) in [5, 5.41) is 4.33. The average molecular weight is 380 g/mol. The summed E-state index contributed by atoms with van der Waals surface area (Å²) < 4.78 is 27.4. The van der Waals surface area contributed by atoms with E-state index in [1.54, 1.807) is 35.2 Å². The lowest BCUT2D eigenvalue weighted by atomic mass is 10.1. The molecule has 27 heavy (non-hydrogen) atoms. The number of nitrogens with one attached hydrogen (secondary N) is 1. The molecule has 0 aliphatic heterocycles. The maximum Gasteiger partial charge on any atom is 0.229 e. The van der Waals surface area contributed by atoms with Crippen molar-refractivity contribution in [2.75, 3.05) is 16.7 Å². The fraction of sp³-hybridized carbons (Fsp3) is 0.0556. The largest absolute Gasteiger partial charge is 0.382 e. The molecular weight excluding hydrogens is 364 g/mol. The Labute approximate surface area is 155 Å². The van der Waals surface area contributed by atoms with Crippen LogP contribution in [-0.2, 0) is 10.0 Å². The van der Waals surface area contributed by atoms with Crippen molar-refractivity contribution >= 4 is 27.2 Å². The van der Waals surface area contributed by atoms with E-state index in [2.05, 4.69) is 19.8 Å². The second kappa shape index (κ2) is 6.36. The van der Waals surface area contributed by atoms with Crippen LogP contribution in [0.25, 0.3) is 28.0 Å². The summed E-state index contributed by atoms with van der Waals surface area (Å²) in [7, 11) is -3.41. The van der Waals surface area contributed by atoms with Crippen molar-refractivity contribution in [3.8, 4) is 22.4 Å². The van der Waals surface area contributed by atoms with Crippen LogP contribution >= 0.6 is 0 Å². The standard InChI is InChI=1S/C18H16N6O2S/c1-27(25,26)23-14-7-3-2-6-13(14)12-10-21-18-16(15-8-4-5-9-20-15)17(19)22-24(18)11-12/h2-11,23H,1H3,(H2,19,22). The molecular formula is C18H16N6O2S. The van der Waals surface area contributed by atoms with Crippen LogP contribution in [0, 0.1) is 0 Å². The predicted molar refractivity (Wildman–Crippen MR) is 105 cm³/mol. The van der Waals surface area contributed by atoms with Crippen LogP contribution in [0.3, 0.4) is 0 Å². The van der Waals surface area contributed by atoms with E-state index in [0.717, 1.165) is 6.26 Å². The molecule has 0 saturated carbocycles. The molecule has 3 aromatic heterocycles. The van der Waals surface area contributed by atoms with Crippen LogP contribution in [0.5, 0.6) is 0 Å². The number of benzene rings is 1. The van der Waals surface area contributed by atoms with E-state index in [1.165, 1.54) is 0 Å². The second-order valence-electron chi connectivity index (χ2n) is 6.01. The highest BCUT2D eigenvalue weighted by atomic mass is 32.2. The van der Waals surface area contributed by atoms with Crippen LogP contribution < -0.4 is 10.5 Å². The molecule has 1 aromatic carbocycles. The minimum Gasteiger partial charge on any atom is -0.382 e. The number of hydrogen-bond donors (Lipinski definition) is 2. The van der Waals surface area contributed by atoms with Crippen LogP contribution in [0.1, 0.15) is 0 Å². The van der Waals surface area contributed by atoms with Gasteiger partial charge in [-0.1, -0.05) is 24.3 Å². The molecule has 0 unspecified atom stereocenters. The van der Waals surface area contributed by atoms with E-state index in [1.807, 2.05) is 30.3 Å². The van der Waals surface area contributed by atoms with Crippen molar-refractivity contribution in [2.45, 2.75) is 0 Å². The zero-order valence-electron chi connectivity index (χ0n) is 14.4. The Morgan fingerprint density at radius 2 is 1.85 bits per heavy atom. The summed E-state index contributed by atoms with van der Waals surface area (Å²) >= 11 is 0. The number of nitrogen functional groups attached to an aromatic ring is 1. The van der Waals surface area contributed by atoms with E-state index in [9.17, 15) is 8.42 Å². The van der Waals surface area contributed by atoms with Gasteiger partial charge in [-0.15, -0.1) is 5.10 Å². The molecule has 0 fully saturated rings. The quantitative estimate of drug-likeness (QED) is 0.562. The van der Waals surface area contributed by atoms with Gasteiger partial charge in [0.2, 0.25) is 10.0 Å². The predicted octanol–water partition coefficient (Wildman–Crippen LogP) is 2.41. The summed E-state index contributed by atoms with van der Waals surface area (Å²) in [6.45, 7) is 0. The van der Waals surface area contributed by atoms with Crippen molar-refractivity contribution in [2.24, 2.45) is 0 Å². The van der Waals surface area contributed by atoms with Gasteiger partial charge in [0.25, 0.3) is 0 Å². The molecule has 0 amide bonds. The van der Waals surface area contributed by atoms with Crippen LogP contribution in [-0.4, -0.2) is 34.3 Å². The molecule has 8 nitrogen and oxygen atoms in total. The highest BCUT2D eigenvalue weighted by Gasteiger charge is 2.16. The Morgan fingerprint density at radius 1 is 1.07 bits per heavy atom. The lowest BCUT2D eigenvalue weighted by Crippen LogP contribution is -2.10. The van der Waals surface area contributed by atoms with Crippen molar-refractivity contribution in [1.29, 1.82) is 0 Å². The molecule has 136 valence electrons. The first kappa shape index (κ1) is 17.0.